The molecule has 3 rings (SSSR count). The molecule has 7 heteroatoms. The fraction of sp³-hybridized carbons (Fsp3) is 0.926. The SMILES string of the molecule is CC.CC(C)N1CCC(C(=O)N2CCCC2)CC1.CC(C)N1CCC(N(C)CCOC=O)CC1. The molecule has 7 nitrogen and oxygen atoms in total. The van der Waals surface area contributed by atoms with E-state index in [0.29, 0.717) is 43.0 Å². The highest BCUT2D eigenvalue weighted by atomic mass is 16.5. The number of nitrogens with zero attached hydrogens (tertiary/aromatic N) is 4. The lowest BCUT2D eigenvalue weighted by Gasteiger charge is -2.38. The molecule has 0 radical (unpaired) electrons. The van der Waals surface area contributed by atoms with Gasteiger partial charge in [-0.2, -0.15) is 0 Å². The minimum Gasteiger partial charge on any atom is -0.467 e. The second kappa shape index (κ2) is 17.3. The zero-order chi connectivity index (χ0) is 25.5. The maximum absolute atomic E-state index is 12.2. The van der Waals surface area contributed by atoms with Crippen molar-refractivity contribution in [3.05, 3.63) is 0 Å². The van der Waals surface area contributed by atoms with Crippen LogP contribution in [-0.4, -0.2) is 110 Å². The van der Waals surface area contributed by atoms with Gasteiger partial charge in [-0.05, 0) is 99.4 Å². The number of carbonyl (C=O) groups excluding carboxylic acids is 2. The lowest BCUT2D eigenvalue weighted by atomic mass is 9.94. The van der Waals surface area contributed by atoms with Gasteiger partial charge in [0.05, 0.1) is 0 Å². The summed E-state index contributed by atoms with van der Waals surface area (Å²) in [4.78, 5) is 31.6. The molecule has 0 aromatic heterocycles. The molecule has 1 amide bonds. The van der Waals surface area contributed by atoms with E-state index in [0.717, 1.165) is 45.6 Å². The van der Waals surface area contributed by atoms with Crippen LogP contribution in [0.2, 0.25) is 0 Å². The molecule has 0 spiro atoms. The van der Waals surface area contributed by atoms with Gasteiger partial charge in [0, 0.05) is 43.7 Å². The van der Waals surface area contributed by atoms with Gasteiger partial charge in [-0.15, -0.1) is 0 Å². The van der Waals surface area contributed by atoms with Gasteiger partial charge in [-0.1, -0.05) is 13.8 Å². The van der Waals surface area contributed by atoms with Crippen LogP contribution in [0.15, 0.2) is 0 Å². The normalized spacial score (nSPS) is 20.7. The molecule has 0 bridgehead atoms. The molecule has 0 saturated carbocycles. The Balaban J connectivity index is 0.000000317. The van der Waals surface area contributed by atoms with Gasteiger partial charge in [-0.25, -0.2) is 0 Å². The highest BCUT2D eigenvalue weighted by Gasteiger charge is 2.30. The molecule has 0 aliphatic carbocycles. The van der Waals surface area contributed by atoms with Gasteiger partial charge >= 0.3 is 0 Å². The van der Waals surface area contributed by atoms with Crippen molar-refractivity contribution in [2.45, 2.75) is 98.2 Å². The first-order chi connectivity index (χ1) is 16.3. The lowest BCUT2D eigenvalue weighted by Crippen LogP contribution is -2.46. The average Bonchev–Trinajstić information content (AvgIpc) is 3.40. The summed E-state index contributed by atoms with van der Waals surface area (Å²) >= 11 is 0. The Morgan fingerprint density at radius 2 is 1.35 bits per heavy atom. The number of amides is 1. The Morgan fingerprint density at radius 3 is 1.79 bits per heavy atom. The maximum atomic E-state index is 12.2. The zero-order valence-electron chi connectivity index (χ0n) is 23.3. The van der Waals surface area contributed by atoms with Crippen molar-refractivity contribution in [1.82, 2.24) is 19.6 Å². The molecular formula is C27H54N4O3. The highest BCUT2D eigenvalue weighted by Crippen LogP contribution is 2.23. The van der Waals surface area contributed by atoms with E-state index in [1.165, 1.54) is 38.8 Å². The van der Waals surface area contributed by atoms with Gasteiger partial charge in [0.15, 0.2) is 0 Å². The van der Waals surface area contributed by atoms with Crippen molar-refractivity contribution in [2.75, 3.05) is 59.5 Å². The summed E-state index contributed by atoms with van der Waals surface area (Å²) in [5.74, 6) is 0.744. The summed E-state index contributed by atoms with van der Waals surface area (Å²) in [6.07, 6.45) is 6.97. The van der Waals surface area contributed by atoms with Crippen LogP contribution in [0.1, 0.15) is 80.1 Å². The van der Waals surface area contributed by atoms with Crippen molar-refractivity contribution < 1.29 is 14.3 Å². The molecular weight excluding hydrogens is 428 g/mol. The Morgan fingerprint density at radius 1 is 0.882 bits per heavy atom. The topological polar surface area (TPSA) is 56.3 Å². The van der Waals surface area contributed by atoms with Crippen molar-refractivity contribution >= 4 is 12.4 Å². The first-order valence-corrected chi connectivity index (χ1v) is 13.9. The van der Waals surface area contributed by atoms with Crippen molar-refractivity contribution in [3.8, 4) is 0 Å². The standard InChI is InChI=1S/C13H24N2O.C12H24N2O2.C2H6/c1-11(2)14-9-5-12(6-10-14)13(16)15-7-3-4-8-15;1-11(2)14-6-4-12(5-7-14)13(3)8-9-16-10-15;1-2/h11-12H,3-10H2,1-2H3;10-12H,4-9H2,1-3H3;1-2H3. The van der Waals surface area contributed by atoms with E-state index in [4.69, 9.17) is 4.74 Å². The molecule has 200 valence electrons. The zero-order valence-corrected chi connectivity index (χ0v) is 23.3. The number of hydrogen-bond acceptors (Lipinski definition) is 6. The number of carbonyl (C=O) groups is 2. The van der Waals surface area contributed by atoms with Crippen LogP contribution in [0.25, 0.3) is 0 Å². The van der Waals surface area contributed by atoms with Crippen LogP contribution in [0.5, 0.6) is 0 Å². The number of likely N-dealkylation sites (tertiary alicyclic amines) is 3. The van der Waals surface area contributed by atoms with E-state index < -0.39 is 0 Å². The molecule has 3 aliphatic heterocycles. The third kappa shape index (κ3) is 10.6. The minimum absolute atomic E-state index is 0.313. The van der Waals surface area contributed by atoms with Crippen LogP contribution in [0.3, 0.4) is 0 Å². The smallest absolute Gasteiger partial charge is 0.293 e. The predicted octanol–water partition coefficient (Wildman–Crippen LogP) is 3.72. The van der Waals surface area contributed by atoms with Gasteiger partial charge in [0.25, 0.3) is 6.47 Å². The van der Waals surface area contributed by atoms with E-state index in [1.807, 2.05) is 13.8 Å². The summed E-state index contributed by atoms with van der Waals surface area (Å²) in [7, 11) is 2.11. The number of ether oxygens (including phenoxy) is 1. The summed E-state index contributed by atoms with van der Waals surface area (Å²) in [5, 5.41) is 0. The molecule has 0 unspecified atom stereocenters. The lowest BCUT2D eigenvalue weighted by molar-refractivity contribution is -0.136. The van der Waals surface area contributed by atoms with E-state index in [-0.39, 0.29) is 0 Å². The van der Waals surface area contributed by atoms with Gasteiger partial charge in [0.1, 0.15) is 6.61 Å². The summed E-state index contributed by atoms with van der Waals surface area (Å²) in [6.45, 7) is 21.4. The Kier molecular flexibility index (Phi) is 15.7. The number of rotatable bonds is 8. The Bertz CT molecular complexity index is 536. The van der Waals surface area contributed by atoms with E-state index >= 15 is 0 Å². The summed E-state index contributed by atoms with van der Waals surface area (Å²) in [6, 6.07) is 1.93. The van der Waals surface area contributed by atoms with Gasteiger partial charge in [0.2, 0.25) is 5.91 Å². The molecule has 0 N–H and O–H groups in total. The largest absolute Gasteiger partial charge is 0.467 e. The first kappa shape index (κ1) is 30.9. The van der Waals surface area contributed by atoms with Crippen LogP contribution in [-0.2, 0) is 14.3 Å². The van der Waals surface area contributed by atoms with Crippen molar-refractivity contribution in [3.63, 3.8) is 0 Å². The van der Waals surface area contributed by atoms with Crippen LogP contribution < -0.4 is 0 Å². The predicted molar refractivity (Wildman–Crippen MR) is 141 cm³/mol. The molecule has 3 aliphatic rings. The third-order valence-corrected chi connectivity index (χ3v) is 7.51. The number of hydrogen-bond donors (Lipinski definition) is 0. The van der Waals surface area contributed by atoms with Crippen LogP contribution in [0.4, 0.5) is 0 Å². The Hall–Kier alpha value is -1.18. The number of likely N-dealkylation sites (N-methyl/N-ethyl adjacent to an activating group) is 1. The fourth-order valence-corrected chi connectivity index (χ4v) is 5.13. The fourth-order valence-electron chi connectivity index (χ4n) is 5.13. The molecule has 0 aromatic carbocycles. The minimum atomic E-state index is 0.313. The quantitative estimate of drug-likeness (QED) is 0.388. The van der Waals surface area contributed by atoms with Gasteiger partial charge < -0.3 is 19.4 Å². The molecule has 0 atom stereocenters. The summed E-state index contributed by atoms with van der Waals surface area (Å²) < 4.78 is 4.72. The average molecular weight is 483 g/mol. The van der Waals surface area contributed by atoms with E-state index in [1.54, 1.807) is 0 Å². The third-order valence-electron chi connectivity index (χ3n) is 7.51. The molecule has 3 heterocycles. The summed E-state index contributed by atoms with van der Waals surface area (Å²) in [5.41, 5.74) is 0. The van der Waals surface area contributed by atoms with Crippen molar-refractivity contribution in [1.29, 1.82) is 0 Å². The van der Waals surface area contributed by atoms with E-state index in [2.05, 4.69) is 54.3 Å². The second-order valence-corrected chi connectivity index (χ2v) is 10.2. The van der Waals surface area contributed by atoms with Crippen molar-refractivity contribution in [2.24, 2.45) is 5.92 Å². The highest BCUT2D eigenvalue weighted by molar-refractivity contribution is 5.79. The Labute approximate surface area is 210 Å². The van der Waals surface area contributed by atoms with Crippen LogP contribution in [0, 0.1) is 5.92 Å². The molecule has 3 saturated heterocycles. The second-order valence-electron chi connectivity index (χ2n) is 10.2. The molecule has 0 aromatic rings. The molecule has 3 fully saturated rings. The van der Waals surface area contributed by atoms with Crippen LogP contribution >= 0.6 is 0 Å². The number of piperidine rings is 2. The monoisotopic (exact) mass is 482 g/mol. The molecule has 34 heavy (non-hydrogen) atoms. The maximum Gasteiger partial charge on any atom is 0.293 e. The first-order valence-electron chi connectivity index (χ1n) is 13.9. The van der Waals surface area contributed by atoms with E-state index in [9.17, 15) is 9.59 Å². The van der Waals surface area contributed by atoms with Gasteiger partial charge in [-0.3, -0.25) is 14.5 Å².